The van der Waals surface area contributed by atoms with E-state index in [-0.39, 0.29) is 17.5 Å². The Morgan fingerprint density at radius 2 is 2.17 bits per heavy atom. The van der Waals surface area contributed by atoms with Crippen LogP contribution in [0, 0.1) is 0 Å². The smallest absolute Gasteiger partial charge is 0.254 e. The summed E-state index contributed by atoms with van der Waals surface area (Å²) in [7, 11) is 0. The molecule has 1 aliphatic heterocycles. The Kier molecular flexibility index (Phi) is 6.18. The topological polar surface area (TPSA) is 103 Å². The summed E-state index contributed by atoms with van der Waals surface area (Å²) in [6.07, 6.45) is 7.22. The largest absolute Gasteiger partial charge is 0.342 e. The zero-order valence-electron chi connectivity index (χ0n) is 16.6. The van der Waals surface area contributed by atoms with Crippen LogP contribution in [0.3, 0.4) is 0 Å². The fourth-order valence-electron chi connectivity index (χ4n) is 3.42. The molecule has 0 fully saturated rings. The van der Waals surface area contributed by atoms with E-state index in [2.05, 4.69) is 32.2 Å². The molecule has 3 aromatic heterocycles. The summed E-state index contributed by atoms with van der Waals surface area (Å²) in [4.78, 5) is 42.9. The minimum atomic E-state index is -0.357. The molecule has 0 saturated heterocycles. The molecule has 0 bridgehead atoms. The van der Waals surface area contributed by atoms with Gasteiger partial charge >= 0.3 is 0 Å². The third kappa shape index (κ3) is 4.25. The van der Waals surface area contributed by atoms with Gasteiger partial charge in [-0.05, 0) is 43.2 Å². The lowest BCUT2D eigenvalue weighted by Gasteiger charge is -2.27. The number of rotatable bonds is 6. The summed E-state index contributed by atoms with van der Waals surface area (Å²) in [5.41, 5.74) is 1.46. The highest BCUT2D eigenvalue weighted by molar-refractivity contribution is 7.99. The lowest BCUT2D eigenvalue weighted by molar-refractivity contribution is 0.0923. The van der Waals surface area contributed by atoms with Crippen LogP contribution in [-0.4, -0.2) is 36.2 Å². The van der Waals surface area contributed by atoms with Crippen molar-refractivity contribution in [2.24, 2.45) is 0 Å². The average molecular weight is 423 g/mol. The van der Waals surface area contributed by atoms with Crippen LogP contribution in [0.4, 0.5) is 0 Å². The van der Waals surface area contributed by atoms with E-state index in [1.54, 1.807) is 46.9 Å². The van der Waals surface area contributed by atoms with Gasteiger partial charge in [-0.15, -0.1) is 11.8 Å². The first-order valence-corrected chi connectivity index (χ1v) is 10.9. The van der Waals surface area contributed by atoms with Gasteiger partial charge in [0.25, 0.3) is 11.5 Å². The van der Waals surface area contributed by atoms with Crippen molar-refractivity contribution in [3.8, 4) is 11.4 Å². The van der Waals surface area contributed by atoms with Crippen molar-refractivity contribution < 1.29 is 4.79 Å². The molecule has 0 saturated carbocycles. The van der Waals surface area contributed by atoms with Gasteiger partial charge in [-0.25, -0.2) is 19.9 Å². The summed E-state index contributed by atoms with van der Waals surface area (Å²) < 4.78 is 1.63. The van der Waals surface area contributed by atoms with Crippen LogP contribution in [0.2, 0.25) is 0 Å². The highest BCUT2D eigenvalue weighted by Gasteiger charge is 2.26. The van der Waals surface area contributed by atoms with Crippen LogP contribution in [0.25, 0.3) is 11.4 Å². The maximum Gasteiger partial charge on any atom is 0.254 e. The molecule has 154 valence electrons. The van der Waals surface area contributed by atoms with Gasteiger partial charge in [-0.3, -0.25) is 14.2 Å². The molecule has 1 aliphatic rings. The Morgan fingerprint density at radius 1 is 1.27 bits per heavy atom. The van der Waals surface area contributed by atoms with Crippen molar-refractivity contribution in [2.75, 3.05) is 5.75 Å². The van der Waals surface area contributed by atoms with Crippen molar-refractivity contribution in [3.05, 3.63) is 64.7 Å². The summed E-state index contributed by atoms with van der Waals surface area (Å²) in [6, 6.07) is 6.38. The van der Waals surface area contributed by atoms with E-state index in [1.165, 1.54) is 12.4 Å². The normalized spacial score (nSPS) is 15.4. The van der Waals surface area contributed by atoms with Gasteiger partial charge < -0.3 is 5.32 Å². The van der Waals surface area contributed by atoms with Crippen LogP contribution in [-0.2, 0) is 6.54 Å². The second kappa shape index (κ2) is 9.17. The molecule has 0 radical (unpaired) electrons. The molecule has 0 aromatic carbocycles. The molecule has 4 rings (SSSR count). The maximum absolute atomic E-state index is 13.0. The van der Waals surface area contributed by atoms with Crippen molar-refractivity contribution in [1.82, 2.24) is 29.8 Å². The highest BCUT2D eigenvalue weighted by atomic mass is 32.2. The first-order chi connectivity index (χ1) is 14.7. The van der Waals surface area contributed by atoms with Crippen LogP contribution >= 0.6 is 11.8 Å². The van der Waals surface area contributed by atoms with Gasteiger partial charge in [-0.2, -0.15) is 0 Å². The molecule has 9 heteroatoms. The SMILES string of the molecule is CCCSc1ncccc1C(=O)NC1CCCn2c1nc(-c1ccncn1)cc2=O. The Balaban J connectivity index is 1.64. The molecule has 1 N–H and O–H groups in total. The first kappa shape index (κ1) is 20.2. The van der Waals surface area contributed by atoms with Crippen molar-refractivity contribution in [3.63, 3.8) is 0 Å². The number of thioether (sulfide) groups is 1. The molecule has 3 aromatic rings. The number of carbonyl (C=O) groups excluding carboxylic acids is 1. The van der Waals surface area contributed by atoms with Gasteiger partial charge in [0.2, 0.25) is 0 Å². The second-order valence-corrected chi connectivity index (χ2v) is 8.04. The van der Waals surface area contributed by atoms with Crippen LogP contribution < -0.4 is 10.9 Å². The summed E-state index contributed by atoms with van der Waals surface area (Å²) in [5, 5.41) is 3.78. The van der Waals surface area contributed by atoms with Gasteiger partial charge in [0.1, 0.15) is 17.2 Å². The Labute approximate surface area is 178 Å². The van der Waals surface area contributed by atoms with Gasteiger partial charge in [0.05, 0.1) is 23.0 Å². The lowest BCUT2D eigenvalue weighted by atomic mass is 10.1. The van der Waals surface area contributed by atoms with E-state index in [0.29, 0.717) is 40.8 Å². The van der Waals surface area contributed by atoms with Crippen LogP contribution in [0.5, 0.6) is 0 Å². The molecular formula is C21H22N6O2S. The zero-order valence-corrected chi connectivity index (χ0v) is 17.4. The quantitative estimate of drug-likeness (QED) is 0.609. The number of nitrogens with one attached hydrogen (secondary N) is 1. The molecule has 30 heavy (non-hydrogen) atoms. The summed E-state index contributed by atoms with van der Waals surface area (Å²) >= 11 is 1.57. The third-order valence-electron chi connectivity index (χ3n) is 4.83. The Bertz CT molecular complexity index is 1100. The van der Waals surface area contributed by atoms with Crippen molar-refractivity contribution in [1.29, 1.82) is 0 Å². The number of carbonyl (C=O) groups is 1. The monoisotopic (exact) mass is 422 g/mol. The van der Waals surface area contributed by atoms with Crippen molar-refractivity contribution in [2.45, 2.75) is 43.8 Å². The van der Waals surface area contributed by atoms with E-state index < -0.39 is 0 Å². The van der Waals surface area contributed by atoms with Gasteiger partial charge in [0.15, 0.2) is 0 Å². The lowest BCUT2D eigenvalue weighted by Crippen LogP contribution is -2.38. The number of aromatic nitrogens is 5. The fraction of sp³-hybridized carbons (Fsp3) is 0.333. The number of amides is 1. The van der Waals surface area contributed by atoms with E-state index in [1.807, 2.05) is 0 Å². The summed E-state index contributed by atoms with van der Waals surface area (Å²) in [6.45, 7) is 2.68. The predicted octanol–water partition coefficient (Wildman–Crippen LogP) is 2.86. The third-order valence-corrected chi connectivity index (χ3v) is 6.04. The van der Waals surface area contributed by atoms with Crippen molar-refractivity contribution >= 4 is 17.7 Å². The predicted molar refractivity (Wildman–Crippen MR) is 114 cm³/mol. The minimum Gasteiger partial charge on any atom is -0.342 e. The van der Waals surface area contributed by atoms with Gasteiger partial charge in [-0.1, -0.05) is 6.92 Å². The second-order valence-electron chi connectivity index (χ2n) is 6.96. The molecular weight excluding hydrogens is 400 g/mol. The van der Waals surface area contributed by atoms with E-state index >= 15 is 0 Å². The van der Waals surface area contributed by atoms with E-state index in [4.69, 9.17) is 0 Å². The Morgan fingerprint density at radius 3 is 2.97 bits per heavy atom. The number of nitrogens with zero attached hydrogens (tertiary/aromatic N) is 5. The maximum atomic E-state index is 13.0. The molecule has 0 spiro atoms. The standard InChI is InChI=1S/C21H22N6O2S/c1-2-11-30-21-14(5-3-8-23-21)20(29)26-16-6-4-10-27-18(28)12-17(25-19(16)27)15-7-9-22-13-24-15/h3,5,7-9,12-13,16H,2,4,6,10-11H2,1H3,(H,26,29). The molecule has 8 nitrogen and oxygen atoms in total. The first-order valence-electron chi connectivity index (χ1n) is 9.94. The highest BCUT2D eigenvalue weighted by Crippen LogP contribution is 2.26. The molecule has 4 heterocycles. The molecule has 1 unspecified atom stereocenters. The van der Waals surface area contributed by atoms with E-state index in [0.717, 1.165) is 18.6 Å². The molecule has 1 amide bonds. The average Bonchev–Trinajstić information content (AvgIpc) is 2.79. The number of hydrogen-bond donors (Lipinski definition) is 1. The van der Waals surface area contributed by atoms with Crippen LogP contribution in [0.15, 0.2) is 52.8 Å². The fourth-order valence-corrected chi connectivity index (χ4v) is 4.27. The number of fused-ring (bicyclic) bond motifs is 1. The van der Waals surface area contributed by atoms with Crippen LogP contribution in [0.1, 0.15) is 48.4 Å². The number of hydrogen-bond acceptors (Lipinski definition) is 7. The van der Waals surface area contributed by atoms with E-state index in [9.17, 15) is 9.59 Å². The van der Waals surface area contributed by atoms with Gasteiger partial charge in [0, 0.05) is 25.0 Å². The Hall–Kier alpha value is -3.07. The summed E-state index contributed by atoms with van der Waals surface area (Å²) in [5.74, 6) is 1.24. The molecule has 0 aliphatic carbocycles. The minimum absolute atomic E-state index is 0.145. The number of pyridine rings is 1. The molecule has 1 atom stereocenters. The zero-order chi connectivity index (χ0) is 20.9.